The van der Waals surface area contributed by atoms with Gasteiger partial charge in [-0.2, -0.15) is 0 Å². The van der Waals surface area contributed by atoms with Crippen LogP contribution >= 0.6 is 11.8 Å². The lowest BCUT2D eigenvalue weighted by Crippen LogP contribution is -2.08. The van der Waals surface area contributed by atoms with Gasteiger partial charge in [-0.15, -0.1) is 11.8 Å². The van der Waals surface area contributed by atoms with Crippen molar-refractivity contribution in [2.24, 2.45) is 4.99 Å². The Morgan fingerprint density at radius 3 is 3.09 bits per heavy atom. The molecule has 1 rings (SSSR count). The first-order chi connectivity index (χ1) is 5.25. The van der Waals surface area contributed by atoms with Gasteiger partial charge in [0.05, 0.1) is 12.7 Å². The van der Waals surface area contributed by atoms with Gasteiger partial charge in [0.25, 0.3) is 0 Å². The predicted molar refractivity (Wildman–Crippen MR) is 45.7 cm³/mol. The van der Waals surface area contributed by atoms with Crippen molar-refractivity contribution < 1.29 is 9.53 Å². The Balaban J connectivity index is 2.83. The van der Waals surface area contributed by atoms with E-state index >= 15 is 0 Å². The Morgan fingerprint density at radius 2 is 2.55 bits per heavy atom. The molecule has 3 nitrogen and oxygen atoms in total. The summed E-state index contributed by atoms with van der Waals surface area (Å²) in [6.07, 6.45) is 0. The lowest BCUT2D eigenvalue weighted by Gasteiger charge is -2.08. The molecule has 0 aliphatic carbocycles. The molecule has 0 N–H and O–H groups in total. The van der Waals surface area contributed by atoms with Crippen LogP contribution in [0, 0.1) is 0 Å². The van der Waals surface area contributed by atoms with Gasteiger partial charge in [-0.25, -0.2) is 9.79 Å². The molecular formula is C7H9NO2S. The number of carbonyl (C=O) groups excluding carboxylic acids is 1. The van der Waals surface area contributed by atoms with Crippen molar-refractivity contribution in [2.75, 3.05) is 12.9 Å². The van der Waals surface area contributed by atoms with Crippen molar-refractivity contribution in [2.45, 2.75) is 6.92 Å². The second-order valence-corrected chi connectivity index (χ2v) is 3.00. The van der Waals surface area contributed by atoms with Crippen LogP contribution < -0.4 is 0 Å². The Morgan fingerprint density at radius 1 is 1.82 bits per heavy atom. The monoisotopic (exact) mass is 171 g/mol. The molecule has 4 heteroatoms. The van der Waals surface area contributed by atoms with E-state index in [1.807, 2.05) is 6.92 Å². The Kier molecular flexibility index (Phi) is 2.70. The van der Waals surface area contributed by atoms with Crippen molar-refractivity contribution in [1.82, 2.24) is 0 Å². The number of hydrogen-bond donors (Lipinski definition) is 0. The van der Waals surface area contributed by atoms with E-state index in [1.54, 1.807) is 17.3 Å². The Hall–Kier alpha value is -0.770. The van der Waals surface area contributed by atoms with E-state index in [2.05, 4.69) is 9.73 Å². The quantitative estimate of drug-likeness (QED) is 0.556. The summed E-state index contributed by atoms with van der Waals surface area (Å²) in [4.78, 5) is 14.9. The first kappa shape index (κ1) is 8.33. The molecule has 1 aliphatic rings. The average Bonchev–Trinajstić information content (AvgIpc) is 2.04. The molecular weight excluding hydrogens is 162 g/mol. The molecule has 0 saturated carbocycles. The maximum atomic E-state index is 11.0. The maximum absolute atomic E-state index is 11.0. The van der Waals surface area contributed by atoms with Gasteiger partial charge in [0.2, 0.25) is 0 Å². The lowest BCUT2D eigenvalue weighted by atomic mass is 10.2. The summed E-state index contributed by atoms with van der Waals surface area (Å²) in [6, 6.07) is 0. The van der Waals surface area contributed by atoms with Gasteiger partial charge < -0.3 is 4.74 Å². The van der Waals surface area contributed by atoms with E-state index in [9.17, 15) is 4.79 Å². The van der Waals surface area contributed by atoms with Gasteiger partial charge in [0.15, 0.2) is 0 Å². The van der Waals surface area contributed by atoms with Crippen molar-refractivity contribution in [3.8, 4) is 0 Å². The van der Waals surface area contributed by atoms with E-state index in [-0.39, 0.29) is 5.97 Å². The number of ether oxygens (including phenoxy) is 1. The topological polar surface area (TPSA) is 38.7 Å². The van der Waals surface area contributed by atoms with E-state index in [1.165, 1.54) is 7.11 Å². The molecule has 0 aromatic carbocycles. The van der Waals surface area contributed by atoms with Crippen LogP contribution in [0.3, 0.4) is 0 Å². The van der Waals surface area contributed by atoms with Gasteiger partial charge in [-0.1, -0.05) is 0 Å². The van der Waals surface area contributed by atoms with Crippen molar-refractivity contribution >= 4 is 23.3 Å². The van der Waals surface area contributed by atoms with Gasteiger partial charge in [-0.05, 0) is 12.5 Å². The van der Waals surface area contributed by atoms with Gasteiger partial charge in [-0.3, -0.25) is 0 Å². The summed E-state index contributed by atoms with van der Waals surface area (Å²) in [5.41, 5.74) is 3.09. The summed E-state index contributed by atoms with van der Waals surface area (Å²) in [7, 11) is 1.36. The number of methoxy groups -OCH3 is 1. The zero-order chi connectivity index (χ0) is 8.27. The van der Waals surface area contributed by atoms with Crippen LogP contribution in [0.25, 0.3) is 0 Å². The van der Waals surface area contributed by atoms with E-state index < -0.39 is 0 Å². The Bertz CT molecular complexity index is 233. The molecule has 0 aromatic heterocycles. The molecule has 0 spiro atoms. The number of thioether (sulfide) groups is 1. The summed E-state index contributed by atoms with van der Waals surface area (Å²) >= 11 is 1.58. The third kappa shape index (κ3) is 1.83. The molecule has 0 unspecified atom stereocenters. The molecule has 11 heavy (non-hydrogen) atoms. The lowest BCUT2D eigenvalue weighted by molar-refractivity contribution is -0.136. The van der Waals surface area contributed by atoms with Crippen molar-refractivity contribution in [3.63, 3.8) is 0 Å². The van der Waals surface area contributed by atoms with E-state index in [0.717, 1.165) is 11.3 Å². The van der Waals surface area contributed by atoms with Crippen LogP contribution in [0.5, 0.6) is 0 Å². The fourth-order valence-corrected chi connectivity index (χ4v) is 1.40. The zero-order valence-corrected chi connectivity index (χ0v) is 7.27. The van der Waals surface area contributed by atoms with Crippen LogP contribution in [0.15, 0.2) is 16.3 Å². The number of hydrogen-bond acceptors (Lipinski definition) is 4. The molecule has 0 fully saturated rings. The number of esters is 1. The third-order valence-electron chi connectivity index (χ3n) is 1.34. The van der Waals surface area contributed by atoms with Crippen LogP contribution in [0.1, 0.15) is 6.92 Å². The number of rotatable bonds is 1. The Labute approximate surface area is 69.5 Å². The summed E-state index contributed by atoms with van der Waals surface area (Å²) in [5, 5.41) is 0. The summed E-state index contributed by atoms with van der Waals surface area (Å²) < 4.78 is 4.54. The minimum atomic E-state index is -0.348. The normalized spacial score (nSPS) is 16.9. The molecule has 0 amide bonds. The highest BCUT2D eigenvalue weighted by Crippen LogP contribution is 2.17. The maximum Gasteiger partial charge on any atom is 0.356 e. The van der Waals surface area contributed by atoms with E-state index in [4.69, 9.17) is 0 Å². The summed E-state index contributed by atoms with van der Waals surface area (Å²) in [5.74, 6) is 0.479. The number of nitrogens with zero attached hydrogens (tertiary/aromatic N) is 1. The van der Waals surface area contributed by atoms with Crippen molar-refractivity contribution in [1.29, 1.82) is 0 Å². The second kappa shape index (κ2) is 3.57. The number of aliphatic imine (C=N–C) groups is 1. The van der Waals surface area contributed by atoms with Crippen LogP contribution in [0.4, 0.5) is 0 Å². The molecule has 0 radical (unpaired) electrons. The first-order valence-electron chi connectivity index (χ1n) is 3.18. The van der Waals surface area contributed by atoms with Crippen LogP contribution in [-0.4, -0.2) is 24.4 Å². The fourth-order valence-electron chi connectivity index (χ4n) is 0.754. The SMILES string of the molecule is COC(=O)C1=C(C)CSC=N1. The largest absolute Gasteiger partial charge is 0.464 e. The number of carbonyl (C=O) groups is 1. The van der Waals surface area contributed by atoms with Gasteiger partial charge >= 0.3 is 5.97 Å². The second-order valence-electron chi connectivity index (χ2n) is 2.17. The zero-order valence-electron chi connectivity index (χ0n) is 6.46. The van der Waals surface area contributed by atoms with Crippen LogP contribution in [0.2, 0.25) is 0 Å². The van der Waals surface area contributed by atoms with Crippen LogP contribution in [-0.2, 0) is 9.53 Å². The molecule has 0 saturated heterocycles. The van der Waals surface area contributed by atoms with E-state index in [0.29, 0.717) is 5.70 Å². The highest BCUT2D eigenvalue weighted by molar-refractivity contribution is 8.12. The molecule has 0 aromatic rings. The molecule has 0 bridgehead atoms. The molecule has 1 heterocycles. The fraction of sp³-hybridized carbons (Fsp3) is 0.429. The summed E-state index contributed by atoms with van der Waals surface area (Å²) in [6.45, 7) is 1.88. The van der Waals surface area contributed by atoms with Crippen molar-refractivity contribution in [3.05, 3.63) is 11.3 Å². The minimum Gasteiger partial charge on any atom is -0.464 e. The molecule has 60 valence electrons. The third-order valence-corrected chi connectivity index (χ3v) is 2.19. The van der Waals surface area contributed by atoms with Gasteiger partial charge in [0, 0.05) is 5.75 Å². The molecule has 1 aliphatic heterocycles. The standard InChI is InChI=1S/C7H9NO2S/c1-5-3-11-4-8-6(5)7(9)10-2/h4H,3H2,1-2H3. The smallest absolute Gasteiger partial charge is 0.356 e. The highest BCUT2D eigenvalue weighted by Gasteiger charge is 2.13. The van der Waals surface area contributed by atoms with Gasteiger partial charge in [0.1, 0.15) is 5.70 Å². The molecule has 0 atom stereocenters. The first-order valence-corrected chi connectivity index (χ1v) is 4.22. The average molecular weight is 171 g/mol. The highest BCUT2D eigenvalue weighted by atomic mass is 32.2. The minimum absolute atomic E-state index is 0.348. The predicted octanol–water partition coefficient (Wildman–Crippen LogP) is 1.21.